The number of hydrogen-bond donors (Lipinski definition) is 1. The monoisotopic (exact) mass is 280 g/mol. The Hall–Kier alpha value is -1.46. The zero-order chi connectivity index (χ0) is 14.0. The van der Waals surface area contributed by atoms with E-state index in [1.807, 2.05) is 14.0 Å². The van der Waals surface area contributed by atoms with Crippen molar-refractivity contribution < 1.29 is 5.11 Å². The zero-order valence-corrected chi connectivity index (χ0v) is 12.0. The summed E-state index contributed by atoms with van der Waals surface area (Å²) in [7, 11) is 1.83. The third kappa shape index (κ3) is 2.93. The molecular weight excluding hydrogens is 264 g/mol. The van der Waals surface area contributed by atoms with Crippen LogP contribution in [0.1, 0.15) is 35.9 Å². The molecule has 0 aliphatic heterocycles. The highest BCUT2D eigenvalue weighted by Gasteiger charge is 2.18. The van der Waals surface area contributed by atoms with E-state index in [9.17, 15) is 5.11 Å². The van der Waals surface area contributed by atoms with Crippen LogP contribution < -0.4 is 0 Å². The van der Waals surface area contributed by atoms with E-state index in [-0.39, 0.29) is 0 Å². The standard InChI is InChI=1S/C13H17ClN4O/c1-4-9-13(14)11(18(3)17-9)7-12(19)10-5-6-15-8(2)16-10/h5-6,12,19H,4,7H2,1-3H3. The van der Waals surface area contributed by atoms with Crippen LogP contribution >= 0.6 is 11.6 Å². The van der Waals surface area contributed by atoms with E-state index in [1.165, 1.54) is 0 Å². The molecule has 19 heavy (non-hydrogen) atoms. The predicted molar refractivity (Wildman–Crippen MR) is 73.0 cm³/mol. The van der Waals surface area contributed by atoms with E-state index < -0.39 is 6.10 Å². The van der Waals surface area contributed by atoms with Crippen LogP contribution in [0.5, 0.6) is 0 Å². The Morgan fingerprint density at radius 3 is 2.79 bits per heavy atom. The molecule has 0 amide bonds. The van der Waals surface area contributed by atoms with E-state index >= 15 is 0 Å². The first kappa shape index (κ1) is 14.0. The summed E-state index contributed by atoms with van der Waals surface area (Å²) in [5.74, 6) is 0.641. The van der Waals surface area contributed by atoms with Crippen LogP contribution in [0.3, 0.4) is 0 Å². The minimum Gasteiger partial charge on any atom is -0.386 e. The van der Waals surface area contributed by atoms with Crippen molar-refractivity contribution in [2.45, 2.75) is 32.8 Å². The van der Waals surface area contributed by atoms with Crippen LogP contribution in [0.25, 0.3) is 0 Å². The second kappa shape index (κ2) is 5.67. The topological polar surface area (TPSA) is 63.8 Å². The Labute approximate surface area is 117 Å². The summed E-state index contributed by atoms with van der Waals surface area (Å²) in [5, 5.41) is 15.2. The molecular formula is C13H17ClN4O. The van der Waals surface area contributed by atoms with Gasteiger partial charge in [0.15, 0.2) is 0 Å². The van der Waals surface area contributed by atoms with Gasteiger partial charge in [-0.1, -0.05) is 18.5 Å². The third-order valence-corrected chi connectivity index (χ3v) is 3.46. The van der Waals surface area contributed by atoms with Crippen molar-refractivity contribution in [3.8, 4) is 0 Å². The Morgan fingerprint density at radius 2 is 2.21 bits per heavy atom. The highest BCUT2D eigenvalue weighted by molar-refractivity contribution is 6.31. The smallest absolute Gasteiger partial charge is 0.125 e. The lowest BCUT2D eigenvalue weighted by Gasteiger charge is -2.11. The highest BCUT2D eigenvalue weighted by Crippen LogP contribution is 2.25. The second-order valence-corrected chi connectivity index (χ2v) is 4.81. The number of hydrogen-bond acceptors (Lipinski definition) is 4. The fourth-order valence-corrected chi connectivity index (χ4v) is 2.36. The molecule has 1 atom stereocenters. The van der Waals surface area contributed by atoms with Crippen LogP contribution in [-0.2, 0) is 19.9 Å². The normalized spacial score (nSPS) is 12.7. The SMILES string of the molecule is CCc1nn(C)c(CC(O)c2ccnc(C)n2)c1Cl. The fraction of sp³-hybridized carbons (Fsp3) is 0.462. The van der Waals surface area contributed by atoms with Gasteiger partial charge < -0.3 is 5.11 Å². The van der Waals surface area contributed by atoms with E-state index in [2.05, 4.69) is 15.1 Å². The van der Waals surface area contributed by atoms with Crippen molar-refractivity contribution in [1.29, 1.82) is 0 Å². The van der Waals surface area contributed by atoms with Crippen LogP contribution in [0.4, 0.5) is 0 Å². The number of aliphatic hydroxyl groups is 1. The molecule has 0 aliphatic carbocycles. The number of aryl methyl sites for hydroxylation is 3. The molecule has 1 unspecified atom stereocenters. The summed E-state index contributed by atoms with van der Waals surface area (Å²) >= 11 is 6.27. The van der Waals surface area contributed by atoms with Gasteiger partial charge in [0, 0.05) is 19.7 Å². The molecule has 2 aromatic heterocycles. The van der Waals surface area contributed by atoms with Gasteiger partial charge in [0.25, 0.3) is 0 Å². The van der Waals surface area contributed by atoms with Gasteiger partial charge in [-0.15, -0.1) is 0 Å². The molecule has 2 aromatic rings. The Kier molecular flexibility index (Phi) is 4.17. The largest absolute Gasteiger partial charge is 0.386 e. The van der Waals surface area contributed by atoms with E-state index in [0.29, 0.717) is 23.0 Å². The molecule has 0 radical (unpaired) electrons. The molecule has 1 N–H and O–H groups in total. The number of aliphatic hydroxyl groups excluding tert-OH is 1. The molecule has 0 aromatic carbocycles. The quantitative estimate of drug-likeness (QED) is 0.930. The average Bonchev–Trinajstić information content (AvgIpc) is 2.66. The molecule has 6 heteroatoms. The minimum atomic E-state index is -0.709. The number of rotatable bonds is 4. The van der Waals surface area contributed by atoms with Crippen LogP contribution in [0.2, 0.25) is 5.02 Å². The van der Waals surface area contributed by atoms with Crippen LogP contribution in [0.15, 0.2) is 12.3 Å². The van der Waals surface area contributed by atoms with Gasteiger partial charge >= 0.3 is 0 Å². The summed E-state index contributed by atoms with van der Waals surface area (Å²) in [5.41, 5.74) is 2.27. The molecule has 102 valence electrons. The zero-order valence-electron chi connectivity index (χ0n) is 11.3. The van der Waals surface area contributed by atoms with Crippen LogP contribution in [-0.4, -0.2) is 24.9 Å². The van der Waals surface area contributed by atoms with Gasteiger partial charge in [-0.05, 0) is 19.4 Å². The van der Waals surface area contributed by atoms with Crippen molar-refractivity contribution in [1.82, 2.24) is 19.7 Å². The maximum Gasteiger partial charge on any atom is 0.125 e. The first-order valence-electron chi connectivity index (χ1n) is 6.20. The van der Waals surface area contributed by atoms with Gasteiger partial charge in [0.2, 0.25) is 0 Å². The summed E-state index contributed by atoms with van der Waals surface area (Å²) in [6.07, 6.45) is 2.09. The van der Waals surface area contributed by atoms with Gasteiger partial charge in [-0.3, -0.25) is 4.68 Å². The molecule has 0 bridgehead atoms. The lowest BCUT2D eigenvalue weighted by Crippen LogP contribution is -2.09. The summed E-state index contributed by atoms with van der Waals surface area (Å²) in [6, 6.07) is 1.71. The number of nitrogens with zero attached hydrogens (tertiary/aromatic N) is 4. The average molecular weight is 281 g/mol. The van der Waals surface area contributed by atoms with E-state index in [4.69, 9.17) is 11.6 Å². The number of aromatic nitrogens is 4. The predicted octanol–water partition coefficient (Wildman–Crippen LogP) is 2.01. The molecule has 0 saturated heterocycles. The first-order valence-corrected chi connectivity index (χ1v) is 6.58. The maximum atomic E-state index is 10.2. The summed E-state index contributed by atoms with van der Waals surface area (Å²) in [4.78, 5) is 8.24. The van der Waals surface area contributed by atoms with Crippen molar-refractivity contribution >= 4 is 11.6 Å². The Morgan fingerprint density at radius 1 is 1.47 bits per heavy atom. The summed E-state index contributed by atoms with van der Waals surface area (Å²) in [6.45, 7) is 3.80. The van der Waals surface area contributed by atoms with Crippen molar-refractivity contribution in [2.75, 3.05) is 0 Å². The lowest BCUT2D eigenvalue weighted by atomic mass is 10.1. The summed E-state index contributed by atoms with van der Waals surface area (Å²) < 4.78 is 1.72. The maximum absolute atomic E-state index is 10.2. The van der Waals surface area contributed by atoms with E-state index in [0.717, 1.165) is 17.8 Å². The van der Waals surface area contributed by atoms with Crippen molar-refractivity contribution in [3.63, 3.8) is 0 Å². The highest BCUT2D eigenvalue weighted by atomic mass is 35.5. The van der Waals surface area contributed by atoms with Gasteiger partial charge in [0.1, 0.15) is 11.9 Å². The molecule has 0 aliphatic rings. The molecule has 0 saturated carbocycles. The lowest BCUT2D eigenvalue weighted by molar-refractivity contribution is 0.170. The number of halogens is 1. The molecule has 0 spiro atoms. The second-order valence-electron chi connectivity index (χ2n) is 4.43. The van der Waals surface area contributed by atoms with Gasteiger partial charge in [0.05, 0.1) is 22.1 Å². The van der Waals surface area contributed by atoms with Crippen molar-refractivity contribution in [3.05, 3.63) is 40.2 Å². The fourth-order valence-electron chi connectivity index (χ4n) is 1.99. The molecule has 2 rings (SSSR count). The minimum absolute atomic E-state index is 0.388. The van der Waals surface area contributed by atoms with E-state index in [1.54, 1.807) is 23.9 Å². The van der Waals surface area contributed by atoms with Gasteiger partial charge in [-0.2, -0.15) is 5.10 Å². The first-order chi connectivity index (χ1) is 9.02. The van der Waals surface area contributed by atoms with Gasteiger partial charge in [-0.25, -0.2) is 9.97 Å². The molecule has 0 fully saturated rings. The van der Waals surface area contributed by atoms with Crippen molar-refractivity contribution in [2.24, 2.45) is 7.05 Å². The van der Waals surface area contributed by atoms with Crippen LogP contribution in [0, 0.1) is 6.92 Å². The molecule has 2 heterocycles. The molecule has 5 nitrogen and oxygen atoms in total. The Bertz CT molecular complexity index is 582. The Balaban J connectivity index is 2.24. The third-order valence-electron chi connectivity index (χ3n) is 3.03.